The monoisotopic (exact) mass is 230 g/mol. The van der Waals surface area contributed by atoms with Crippen LogP contribution in [0.15, 0.2) is 41.6 Å². The molecule has 0 bridgehead atoms. The fourth-order valence-corrected chi connectivity index (χ4v) is 1.45. The summed E-state index contributed by atoms with van der Waals surface area (Å²) in [6.45, 7) is 0. The highest BCUT2D eigenvalue weighted by Crippen LogP contribution is 2.13. The first-order chi connectivity index (χ1) is 7.77. The second-order valence-corrected chi connectivity index (χ2v) is 3.60. The van der Waals surface area contributed by atoms with E-state index in [-0.39, 0.29) is 5.11 Å². The minimum absolute atomic E-state index is 0.143. The maximum atomic E-state index is 5.26. The molecule has 16 heavy (non-hydrogen) atoms. The molecule has 1 aromatic heterocycles. The molecule has 5 heteroatoms. The van der Waals surface area contributed by atoms with E-state index in [9.17, 15) is 0 Å². The molecule has 0 saturated heterocycles. The number of hydrogen-bond donors (Lipinski definition) is 2. The number of nitrogens with two attached hydrogens (primary N) is 1. The Labute approximate surface area is 98.2 Å². The van der Waals surface area contributed by atoms with Crippen molar-refractivity contribution in [2.45, 2.75) is 0 Å². The molecule has 0 radical (unpaired) electrons. The summed E-state index contributed by atoms with van der Waals surface area (Å²) in [5, 5.41) is 5.12. The molecular weight excluding hydrogens is 220 g/mol. The molecule has 80 valence electrons. The Balaban J connectivity index is 2.37. The summed E-state index contributed by atoms with van der Waals surface area (Å²) in [6, 6.07) is 9.78. The molecule has 4 nitrogen and oxygen atoms in total. The van der Waals surface area contributed by atoms with Crippen LogP contribution in [0, 0.1) is 0 Å². The van der Waals surface area contributed by atoms with Gasteiger partial charge in [0.05, 0.1) is 11.7 Å². The molecule has 0 amide bonds. The molecule has 3 N–H and O–H groups in total. The van der Waals surface area contributed by atoms with Crippen LogP contribution in [-0.4, -0.2) is 16.3 Å². The number of aromatic nitrogens is 1. The molecule has 2 rings (SSSR count). The van der Waals surface area contributed by atoms with Crippen LogP contribution in [0.5, 0.6) is 0 Å². The third-order valence-electron chi connectivity index (χ3n) is 2.04. The largest absolute Gasteiger partial charge is 0.375 e. The summed E-state index contributed by atoms with van der Waals surface area (Å²) in [6.07, 6.45) is 3.40. The second kappa shape index (κ2) is 4.67. The van der Waals surface area contributed by atoms with Gasteiger partial charge in [0, 0.05) is 17.1 Å². The smallest absolute Gasteiger partial charge is 0.184 e. The molecule has 0 aliphatic rings. The topological polar surface area (TPSA) is 63.3 Å². The molecule has 1 heterocycles. The van der Waals surface area contributed by atoms with Gasteiger partial charge in [-0.2, -0.15) is 5.10 Å². The normalized spacial score (nSPS) is 10.8. The minimum Gasteiger partial charge on any atom is -0.375 e. The Bertz CT molecular complexity index is 545. The highest BCUT2D eigenvalue weighted by atomic mass is 32.1. The van der Waals surface area contributed by atoms with E-state index in [1.165, 1.54) is 0 Å². The van der Waals surface area contributed by atoms with Crippen LogP contribution < -0.4 is 11.2 Å². The Kier molecular flexibility index (Phi) is 3.07. The number of para-hydroxylation sites is 1. The minimum atomic E-state index is 0.143. The fourth-order valence-electron chi connectivity index (χ4n) is 1.40. The van der Waals surface area contributed by atoms with Crippen molar-refractivity contribution in [2.75, 3.05) is 0 Å². The molecule has 1 aromatic carbocycles. The maximum absolute atomic E-state index is 5.26. The number of nitrogens with zero attached hydrogens (tertiary/aromatic N) is 2. The fraction of sp³-hybridized carbons (Fsp3) is 0. The van der Waals surface area contributed by atoms with Gasteiger partial charge in [0.2, 0.25) is 0 Å². The Morgan fingerprint density at radius 2 is 2.19 bits per heavy atom. The number of hydrogen-bond acceptors (Lipinski definition) is 3. The van der Waals surface area contributed by atoms with E-state index in [1.54, 1.807) is 12.4 Å². The van der Waals surface area contributed by atoms with Gasteiger partial charge in [-0.05, 0) is 18.3 Å². The molecule has 0 aliphatic carbocycles. The Hall–Kier alpha value is -2.01. The van der Waals surface area contributed by atoms with Gasteiger partial charge in [-0.15, -0.1) is 0 Å². The van der Waals surface area contributed by atoms with E-state index in [0.717, 1.165) is 16.5 Å². The van der Waals surface area contributed by atoms with Crippen LogP contribution in [-0.2, 0) is 0 Å². The molecule has 0 atom stereocenters. The number of benzene rings is 1. The third-order valence-corrected chi connectivity index (χ3v) is 2.13. The average Bonchev–Trinajstić information content (AvgIpc) is 2.29. The van der Waals surface area contributed by atoms with Gasteiger partial charge in [0.1, 0.15) is 0 Å². The van der Waals surface area contributed by atoms with Crippen molar-refractivity contribution in [1.29, 1.82) is 0 Å². The zero-order valence-corrected chi connectivity index (χ0v) is 9.24. The van der Waals surface area contributed by atoms with E-state index in [4.69, 9.17) is 5.73 Å². The van der Waals surface area contributed by atoms with Gasteiger partial charge >= 0.3 is 0 Å². The zero-order valence-electron chi connectivity index (χ0n) is 8.42. The highest BCUT2D eigenvalue weighted by Gasteiger charge is 1.97. The lowest BCUT2D eigenvalue weighted by molar-refractivity contribution is 1.04. The van der Waals surface area contributed by atoms with Gasteiger partial charge in [0.15, 0.2) is 5.11 Å². The van der Waals surface area contributed by atoms with Crippen molar-refractivity contribution in [3.63, 3.8) is 0 Å². The maximum Gasteiger partial charge on any atom is 0.184 e. The summed E-state index contributed by atoms with van der Waals surface area (Å²) in [7, 11) is 0. The lowest BCUT2D eigenvalue weighted by Crippen LogP contribution is -2.24. The van der Waals surface area contributed by atoms with Crippen LogP contribution in [0.25, 0.3) is 10.9 Å². The molecule has 0 spiro atoms. The second-order valence-electron chi connectivity index (χ2n) is 3.16. The predicted molar refractivity (Wildman–Crippen MR) is 69.3 cm³/mol. The van der Waals surface area contributed by atoms with Gasteiger partial charge < -0.3 is 5.73 Å². The first-order valence-corrected chi connectivity index (χ1v) is 5.10. The lowest BCUT2D eigenvalue weighted by Gasteiger charge is -2.00. The van der Waals surface area contributed by atoms with Crippen molar-refractivity contribution in [3.05, 3.63) is 42.1 Å². The predicted octanol–water partition coefficient (Wildman–Crippen LogP) is 1.40. The number of thiocarbonyl (C=S) groups is 1. The van der Waals surface area contributed by atoms with Crippen molar-refractivity contribution < 1.29 is 0 Å². The lowest BCUT2D eigenvalue weighted by atomic mass is 10.1. The molecule has 0 saturated carbocycles. The van der Waals surface area contributed by atoms with Gasteiger partial charge in [0.25, 0.3) is 0 Å². The number of nitrogens with one attached hydrogen (secondary N) is 1. The molecule has 0 aliphatic heterocycles. The van der Waals surface area contributed by atoms with Crippen molar-refractivity contribution >= 4 is 34.4 Å². The van der Waals surface area contributed by atoms with E-state index in [0.29, 0.717) is 0 Å². The van der Waals surface area contributed by atoms with Crippen molar-refractivity contribution in [3.8, 4) is 0 Å². The summed E-state index contributed by atoms with van der Waals surface area (Å²) in [5.41, 5.74) is 9.59. The van der Waals surface area contributed by atoms with Gasteiger partial charge in [-0.1, -0.05) is 24.3 Å². The molecular formula is C11H10N4S. The standard InChI is InChI=1S/C11H10N4S/c12-11(16)15-14-7-9-4-1-3-8-5-2-6-13-10(8)9/h1-7H,(H3,12,15,16). The van der Waals surface area contributed by atoms with Gasteiger partial charge in [-0.3, -0.25) is 10.4 Å². The van der Waals surface area contributed by atoms with E-state index < -0.39 is 0 Å². The van der Waals surface area contributed by atoms with Crippen LogP contribution in [0.2, 0.25) is 0 Å². The van der Waals surface area contributed by atoms with Crippen LogP contribution in [0.3, 0.4) is 0 Å². The summed E-state index contributed by atoms with van der Waals surface area (Å²) in [5.74, 6) is 0. The highest BCUT2D eigenvalue weighted by molar-refractivity contribution is 7.80. The van der Waals surface area contributed by atoms with Crippen molar-refractivity contribution in [1.82, 2.24) is 10.4 Å². The van der Waals surface area contributed by atoms with Crippen LogP contribution in [0.1, 0.15) is 5.56 Å². The summed E-state index contributed by atoms with van der Waals surface area (Å²) >= 11 is 4.64. The van der Waals surface area contributed by atoms with Crippen LogP contribution in [0.4, 0.5) is 0 Å². The SMILES string of the molecule is NC(=S)NN=Cc1cccc2cccnc12. The van der Waals surface area contributed by atoms with E-state index in [1.807, 2.05) is 30.3 Å². The quantitative estimate of drug-likeness (QED) is 0.465. The van der Waals surface area contributed by atoms with Crippen molar-refractivity contribution in [2.24, 2.45) is 10.8 Å². The molecule has 2 aromatic rings. The Morgan fingerprint density at radius 3 is 3.00 bits per heavy atom. The number of fused-ring (bicyclic) bond motifs is 1. The van der Waals surface area contributed by atoms with Gasteiger partial charge in [-0.25, -0.2) is 0 Å². The zero-order chi connectivity index (χ0) is 11.4. The average molecular weight is 230 g/mol. The summed E-state index contributed by atoms with van der Waals surface area (Å²) < 4.78 is 0. The first-order valence-electron chi connectivity index (χ1n) is 4.69. The molecule has 0 unspecified atom stereocenters. The number of pyridine rings is 1. The van der Waals surface area contributed by atoms with Crippen LogP contribution >= 0.6 is 12.2 Å². The number of hydrazone groups is 1. The first kappa shape index (κ1) is 10.5. The molecule has 0 fully saturated rings. The third kappa shape index (κ3) is 2.32. The number of rotatable bonds is 2. The van der Waals surface area contributed by atoms with E-state index in [2.05, 4.69) is 27.7 Å². The van der Waals surface area contributed by atoms with E-state index >= 15 is 0 Å². The summed E-state index contributed by atoms with van der Waals surface area (Å²) in [4.78, 5) is 4.30. The Morgan fingerprint density at radius 1 is 1.38 bits per heavy atom.